The quantitative estimate of drug-likeness (QED) is 0.659. The molecule has 7 heteroatoms. The molecular weight excluding hydrogens is 242 g/mol. The Kier molecular flexibility index (Phi) is 5.33. The van der Waals surface area contributed by atoms with Gasteiger partial charge in [-0.3, -0.25) is 0 Å². The van der Waals surface area contributed by atoms with Crippen LogP contribution in [0.25, 0.3) is 0 Å². The van der Waals surface area contributed by atoms with Crippen LogP contribution in [0.5, 0.6) is 0 Å². The summed E-state index contributed by atoms with van der Waals surface area (Å²) < 4.78 is 27.2. The van der Waals surface area contributed by atoms with Crippen LogP contribution in [0.3, 0.4) is 0 Å². The lowest BCUT2D eigenvalue weighted by Crippen LogP contribution is -2.47. The number of hydrogen-bond acceptors (Lipinski definition) is 4. The molecule has 1 heterocycles. The molecule has 6 nitrogen and oxygen atoms in total. The van der Waals surface area contributed by atoms with Gasteiger partial charge in [0.25, 0.3) is 10.2 Å². The van der Waals surface area contributed by atoms with Gasteiger partial charge >= 0.3 is 0 Å². The van der Waals surface area contributed by atoms with Crippen molar-refractivity contribution < 1.29 is 13.5 Å². The van der Waals surface area contributed by atoms with Crippen LogP contribution in [0.2, 0.25) is 0 Å². The summed E-state index contributed by atoms with van der Waals surface area (Å²) in [6.45, 7) is 3.23. The molecule has 1 fully saturated rings. The van der Waals surface area contributed by atoms with Crippen LogP contribution >= 0.6 is 0 Å². The lowest BCUT2D eigenvalue weighted by Gasteiger charge is -2.29. The van der Waals surface area contributed by atoms with Gasteiger partial charge in [-0.2, -0.15) is 17.0 Å². The lowest BCUT2D eigenvalue weighted by atomic mass is 10.0. The fraction of sp³-hybridized carbons (Fsp3) is 1.00. The third-order valence-corrected chi connectivity index (χ3v) is 5.40. The molecule has 0 bridgehead atoms. The Hall–Kier alpha value is -0.210. The van der Waals surface area contributed by atoms with E-state index >= 15 is 0 Å². The summed E-state index contributed by atoms with van der Waals surface area (Å²) in [5, 5.41) is 9.28. The maximum Gasteiger partial charge on any atom is 0.282 e. The van der Waals surface area contributed by atoms with Gasteiger partial charge in [0.05, 0.1) is 12.6 Å². The van der Waals surface area contributed by atoms with Crippen LogP contribution < -0.4 is 5.73 Å². The molecule has 0 saturated carbocycles. The van der Waals surface area contributed by atoms with Gasteiger partial charge in [-0.25, -0.2) is 0 Å². The average Bonchev–Trinajstić information content (AvgIpc) is 2.67. The van der Waals surface area contributed by atoms with E-state index in [-0.39, 0.29) is 18.6 Å². The maximum absolute atomic E-state index is 12.3. The van der Waals surface area contributed by atoms with E-state index in [2.05, 4.69) is 0 Å². The Morgan fingerprint density at radius 3 is 2.71 bits per heavy atom. The second kappa shape index (κ2) is 6.10. The molecule has 1 aliphatic heterocycles. The third kappa shape index (κ3) is 3.17. The first-order valence-corrected chi connectivity index (χ1v) is 7.38. The maximum atomic E-state index is 12.3. The van der Waals surface area contributed by atoms with Crippen molar-refractivity contribution in [3.63, 3.8) is 0 Å². The monoisotopic (exact) mass is 265 g/mol. The van der Waals surface area contributed by atoms with E-state index in [1.165, 1.54) is 8.61 Å². The van der Waals surface area contributed by atoms with Gasteiger partial charge in [0.2, 0.25) is 0 Å². The number of nitrogens with two attached hydrogens (primary N) is 1. The van der Waals surface area contributed by atoms with Crippen LogP contribution in [0, 0.1) is 5.92 Å². The van der Waals surface area contributed by atoms with Gasteiger partial charge < -0.3 is 10.8 Å². The molecular formula is C10H23N3O3S. The molecule has 1 aliphatic rings. The van der Waals surface area contributed by atoms with E-state index in [1.54, 1.807) is 7.05 Å². The van der Waals surface area contributed by atoms with Gasteiger partial charge in [0, 0.05) is 20.1 Å². The van der Waals surface area contributed by atoms with Crippen LogP contribution in [0.15, 0.2) is 0 Å². The van der Waals surface area contributed by atoms with E-state index < -0.39 is 10.2 Å². The zero-order chi connectivity index (χ0) is 13.1. The standard InChI is InChI=1S/C10H23N3O3S/c1-9-4-7-13(10(9)8-14)17(15,16)12(2)6-3-5-11/h9-10,14H,3-8,11H2,1-2H3. The fourth-order valence-electron chi connectivity index (χ4n) is 2.14. The average molecular weight is 265 g/mol. The predicted octanol–water partition coefficient (Wildman–Crippen LogP) is -0.785. The van der Waals surface area contributed by atoms with Crippen molar-refractivity contribution >= 4 is 10.2 Å². The van der Waals surface area contributed by atoms with Crippen molar-refractivity contribution in [2.45, 2.75) is 25.8 Å². The van der Waals surface area contributed by atoms with Gasteiger partial charge in [0.1, 0.15) is 0 Å². The zero-order valence-electron chi connectivity index (χ0n) is 10.5. The van der Waals surface area contributed by atoms with Crippen LogP contribution in [0.4, 0.5) is 0 Å². The van der Waals surface area contributed by atoms with E-state index in [0.717, 1.165) is 6.42 Å². The Morgan fingerprint density at radius 2 is 2.18 bits per heavy atom. The van der Waals surface area contributed by atoms with Crippen molar-refractivity contribution in [3.8, 4) is 0 Å². The Morgan fingerprint density at radius 1 is 1.53 bits per heavy atom. The number of aliphatic hydroxyl groups excluding tert-OH is 1. The molecule has 17 heavy (non-hydrogen) atoms. The molecule has 0 aromatic carbocycles. The minimum absolute atomic E-state index is 0.120. The Balaban J connectivity index is 2.76. The number of hydrogen-bond donors (Lipinski definition) is 2. The molecule has 102 valence electrons. The summed E-state index contributed by atoms with van der Waals surface area (Å²) in [4.78, 5) is 0. The summed E-state index contributed by atoms with van der Waals surface area (Å²) in [7, 11) is -1.90. The SMILES string of the molecule is CC1CCN(S(=O)(=O)N(C)CCCN)C1CO. The van der Waals surface area contributed by atoms with Crippen LogP contribution in [-0.4, -0.2) is 61.5 Å². The molecule has 0 aromatic rings. The zero-order valence-corrected chi connectivity index (χ0v) is 11.4. The molecule has 2 atom stereocenters. The number of aliphatic hydroxyl groups is 1. The molecule has 0 spiro atoms. The van der Waals surface area contributed by atoms with E-state index in [1.807, 2.05) is 6.92 Å². The molecule has 1 rings (SSSR count). The number of rotatable bonds is 6. The van der Waals surface area contributed by atoms with Gasteiger partial charge in [-0.05, 0) is 25.3 Å². The summed E-state index contributed by atoms with van der Waals surface area (Å²) in [5.41, 5.74) is 5.37. The third-order valence-electron chi connectivity index (χ3n) is 3.39. The van der Waals surface area contributed by atoms with Gasteiger partial charge in [-0.1, -0.05) is 6.92 Å². The van der Waals surface area contributed by atoms with Crippen molar-refractivity contribution in [1.29, 1.82) is 0 Å². The lowest BCUT2D eigenvalue weighted by molar-refractivity contribution is 0.186. The smallest absolute Gasteiger partial charge is 0.282 e. The largest absolute Gasteiger partial charge is 0.395 e. The summed E-state index contributed by atoms with van der Waals surface area (Å²) in [6, 6.07) is -0.291. The fourth-order valence-corrected chi connectivity index (χ4v) is 3.81. The minimum atomic E-state index is -3.45. The molecule has 0 amide bonds. The van der Waals surface area contributed by atoms with E-state index in [4.69, 9.17) is 5.73 Å². The van der Waals surface area contributed by atoms with E-state index in [9.17, 15) is 13.5 Å². The van der Waals surface area contributed by atoms with Gasteiger partial charge in [0.15, 0.2) is 0 Å². The molecule has 0 radical (unpaired) electrons. The molecule has 1 saturated heterocycles. The first-order chi connectivity index (χ1) is 7.95. The van der Waals surface area contributed by atoms with E-state index in [0.29, 0.717) is 26.1 Å². The minimum Gasteiger partial charge on any atom is -0.395 e. The molecule has 3 N–H and O–H groups in total. The van der Waals surface area contributed by atoms with Gasteiger partial charge in [-0.15, -0.1) is 0 Å². The van der Waals surface area contributed by atoms with Crippen LogP contribution in [-0.2, 0) is 10.2 Å². The topological polar surface area (TPSA) is 86.9 Å². The first-order valence-electron chi connectivity index (χ1n) is 5.99. The van der Waals surface area contributed by atoms with Crippen molar-refractivity contribution in [1.82, 2.24) is 8.61 Å². The highest BCUT2D eigenvalue weighted by molar-refractivity contribution is 7.86. The Labute approximate surface area is 104 Å². The number of nitrogens with zero attached hydrogens (tertiary/aromatic N) is 2. The van der Waals surface area contributed by atoms with Crippen molar-refractivity contribution in [3.05, 3.63) is 0 Å². The normalized spacial score (nSPS) is 26.9. The first kappa shape index (κ1) is 14.8. The predicted molar refractivity (Wildman–Crippen MR) is 66.6 cm³/mol. The second-order valence-electron chi connectivity index (χ2n) is 4.60. The highest BCUT2D eigenvalue weighted by Gasteiger charge is 2.39. The summed E-state index contributed by atoms with van der Waals surface area (Å²) in [5.74, 6) is 0.206. The second-order valence-corrected chi connectivity index (χ2v) is 6.59. The Bertz CT molecular complexity index is 334. The summed E-state index contributed by atoms with van der Waals surface area (Å²) >= 11 is 0. The molecule has 0 aliphatic carbocycles. The highest BCUT2D eigenvalue weighted by Crippen LogP contribution is 2.27. The molecule has 2 unspecified atom stereocenters. The molecule has 0 aromatic heterocycles. The van der Waals surface area contributed by atoms with Crippen molar-refractivity contribution in [2.75, 3.05) is 33.3 Å². The summed E-state index contributed by atoms with van der Waals surface area (Å²) in [6.07, 6.45) is 1.44. The van der Waals surface area contributed by atoms with Crippen molar-refractivity contribution in [2.24, 2.45) is 11.7 Å². The van der Waals surface area contributed by atoms with Crippen LogP contribution in [0.1, 0.15) is 19.8 Å². The highest BCUT2D eigenvalue weighted by atomic mass is 32.2.